The molecule has 152 valence electrons. The molecule has 0 aliphatic carbocycles. The van der Waals surface area contributed by atoms with Gasteiger partial charge in [-0.2, -0.15) is 0 Å². The molecule has 1 unspecified atom stereocenters. The Morgan fingerprint density at radius 2 is 1.97 bits per heavy atom. The third kappa shape index (κ3) is 4.70. The maximum Gasteiger partial charge on any atom is 0.256 e. The first kappa shape index (κ1) is 19.7. The summed E-state index contributed by atoms with van der Waals surface area (Å²) in [5, 5.41) is 0. The number of sulfonamides is 1. The Morgan fingerprint density at radius 1 is 1.17 bits per heavy atom. The average Bonchev–Trinajstić information content (AvgIpc) is 2.67. The van der Waals surface area contributed by atoms with Gasteiger partial charge < -0.3 is 9.64 Å². The number of hydrogen-bond acceptors (Lipinski definition) is 4. The molecule has 2 heterocycles. The van der Waals surface area contributed by atoms with Gasteiger partial charge in [0.2, 0.25) is 0 Å². The predicted molar refractivity (Wildman–Crippen MR) is 116 cm³/mol. The van der Waals surface area contributed by atoms with Gasteiger partial charge in [0.15, 0.2) is 0 Å². The van der Waals surface area contributed by atoms with E-state index >= 15 is 0 Å². The summed E-state index contributed by atoms with van der Waals surface area (Å²) in [6.07, 6.45) is 2.78. The molecule has 2 aromatic carbocycles. The Labute approximate surface area is 172 Å². The number of amidine groups is 1. The molecular weight excluding hydrogens is 384 g/mol. The number of fused-ring (bicyclic) bond motifs is 1. The summed E-state index contributed by atoms with van der Waals surface area (Å²) in [4.78, 5) is 2.12. The number of ether oxygens (including phenoxy) is 1. The van der Waals surface area contributed by atoms with Crippen molar-refractivity contribution in [2.24, 2.45) is 4.40 Å². The predicted octanol–water partition coefficient (Wildman–Crippen LogP) is 4.52. The van der Waals surface area contributed by atoms with Gasteiger partial charge in [-0.15, -0.1) is 4.40 Å². The summed E-state index contributed by atoms with van der Waals surface area (Å²) in [7, 11) is -3.34. The number of rotatable bonds is 5. The van der Waals surface area contributed by atoms with Crippen LogP contribution in [0.5, 0.6) is 11.5 Å². The quantitative estimate of drug-likeness (QED) is 0.680. The van der Waals surface area contributed by atoms with Gasteiger partial charge in [-0.1, -0.05) is 36.4 Å². The number of nitrogens with zero attached hydrogens (tertiary/aromatic N) is 2. The average molecular weight is 411 g/mol. The van der Waals surface area contributed by atoms with Crippen LogP contribution in [0, 0.1) is 0 Å². The van der Waals surface area contributed by atoms with E-state index in [4.69, 9.17) is 4.74 Å². The summed E-state index contributed by atoms with van der Waals surface area (Å²) >= 11 is 0. The molecule has 0 amide bonds. The number of benzene rings is 2. The van der Waals surface area contributed by atoms with E-state index in [0.717, 1.165) is 48.4 Å². The lowest BCUT2D eigenvalue weighted by Crippen LogP contribution is -2.46. The van der Waals surface area contributed by atoms with Crippen molar-refractivity contribution < 1.29 is 13.2 Å². The van der Waals surface area contributed by atoms with Crippen LogP contribution in [-0.4, -0.2) is 38.0 Å². The molecule has 0 bridgehead atoms. The molecule has 2 aromatic rings. The summed E-state index contributed by atoms with van der Waals surface area (Å²) in [6, 6.07) is 15.9. The number of piperidine rings is 1. The van der Waals surface area contributed by atoms with Crippen LogP contribution in [0.2, 0.25) is 0 Å². The van der Waals surface area contributed by atoms with Crippen molar-refractivity contribution in [1.82, 2.24) is 4.90 Å². The van der Waals surface area contributed by atoms with Crippen molar-refractivity contribution in [2.45, 2.75) is 32.1 Å². The smallest absolute Gasteiger partial charge is 0.256 e. The normalized spacial score (nSPS) is 20.5. The highest BCUT2D eigenvalue weighted by molar-refractivity contribution is 7.90. The molecule has 0 aromatic heterocycles. The molecule has 2 aliphatic heterocycles. The summed E-state index contributed by atoms with van der Waals surface area (Å²) in [6.45, 7) is 7.40. The fourth-order valence-electron chi connectivity index (χ4n) is 4.00. The van der Waals surface area contributed by atoms with Crippen LogP contribution >= 0.6 is 0 Å². The van der Waals surface area contributed by atoms with Crippen LogP contribution in [-0.2, 0) is 16.4 Å². The molecule has 2 aliphatic rings. The Balaban J connectivity index is 1.52. The SMILES string of the molecule is C=C(C)Cc1cccc(Oc2ccc(C3CCCN4CCS(=O)(=O)N=C34)cc2)c1. The highest BCUT2D eigenvalue weighted by Crippen LogP contribution is 2.33. The zero-order valence-electron chi connectivity index (χ0n) is 16.7. The van der Waals surface area contributed by atoms with E-state index in [0.29, 0.717) is 12.4 Å². The van der Waals surface area contributed by atoms with Crippen molar-refractivity contribution in [3.8, 4) is 11.5 Å². The zero-order chi connectivity index (χ0) is 20.4. The molecule has 6 heteroatoms. The highest BCUT2D eigenvalue weighted by Gasteiger charge is 2.33. The summed E-state index contributed by atoms with van der Waals surface area (Å²) < 4.78 is 34.1. The molecule has 1 atom stereocenters. The van der Waals surface area contributed by atoms with Crippen LogP contribution < -0.4 is 4.74 Å². The third-order valence-electron chi connectivity index (χ3n) is 5.33. The topological polar surface area (TPSA) is 59.0 Å². The molecule has 0 radical (unpaired) electrons. The molecule has 0 N–H and O–H groups in total. The van der Waals surface area contributed by atoms with E-state index in [1.54, 1.807) is 0 Å². The van der Waals surface area contributed by atoms with E-state index in [9.17, 15) is 8.42 Å². The maximum absolute atomic E-state index is 12.0. The molecule has 29 heavy (non-hydrogen) atoms. The Bertz CT molecular complexity index is 1040. The molecule has 4 rings (SSSR count). The zero-order valence-corrected chi connectivity index (χ0v) is 17.5. The van der Waals surface area contributed by atoms with Crippen molar-refractivity contribution in [2.75, 3.05) is 18.8 Å². The van der Waals surface area contributed by atoms with Gasteiger partial charge in [0.25, 0.3) is 10.0 Å². The Kier molecular flexibility index (Phi) is 5.46. The van der Waals surface area contributed by atoms with Gasteiger partial charge in [0.1, 0.15) is 17.3 Å². The highest BCUT2D eigenvalue weighted by atomic mass is 32.2. The second-order valence-electron chi connectivity index (χ2n) is 7.87. The molecule has 1 saturated heterocycles. The van der Waals surface area contributed by atoms with Gasteiger partial charge in [-0.25, -0.2) is 8.42 Å². The van der Waals surface area contributed by atoms with E-state index in [-0.39, 0.29) is 11.7 Å². The van der Waals surface area contributed by atoms with Gasteiger partial charge >= 0.3 is 0 Å². The standard InChI is InChI=1S/C23H26N2O3S/c1-17(2)15-18-5-3-6-21(16-18)28-20-10-8-19(9-11-20)22-7-4-12-25-13-14-29(26,27)24-23(22)25/h3,5-6,8-11,16,22H,1,4,7,12-15H2,2H3. The minimum Gasteiger partial charge on any atom is -0.457 e. The molecular formula is C23H26N2O3S. The molecule has 0 spiro atoms. The lowest BCUT2D eigenvalue weighted by molar-refractivity contribution is 0.366. The second kappa shape index (κ2) is 8.03. The number of hydrogen-bond donors (Lipinski definition) is 0. The third-order valence-corrected chi connectivity index (χ3v) is 6.49. The minimum absolute atomic E-state index is 0.0202. The van der Waals surface area contributed by atoms with Gasteiger partial charge in [0, 0.05) is 19.0 Å². The van der Waals surface area contributed by atoms with Crippen LogP contribution in [0.25, 0.3) is 0 Å². The van der Waals surface area contributed by atoms with Crippen molar-refractivity contribution in [3.05, 3.63) is 71.8 Å². The van der Waals surface area contributed by atoms with E-state index in [1.165, 1.54) is 5.56 Å². The fourth-order valence-corrected chi connectivity index (χ4v) is 5.07. The first-order chi connectivity index (χ1) is 13.9. The largest absolute Gasteiger partial charge is 0.457 e. The van der Waals surface area contributed by atoms with Gasteiger partial charge in [-0.3, -0.25) is 0 Å². The van der Waals surface area contributed by atoms with Crippen LogP contribution in [0.15, 0.2) is 65.1 Å². The molecule has 1 fully saturated rings. The molecule has 5 nitrogen and oxygen atoms in total. The minimum atomic E-state index is -3.34. The first-order valence-corrected chi connectivity index (χ1v) is 11.6. The molecule has 0 saturated carbocycles. The summed E-state index contributed by atoms with van der Waals surface area (Å²) in [5.41, 5.74) is 3.36. The van der Waals surface area contributed by atoms with E-state index < -0.39 is 10.0 Å². The lowest BCUT2D eigenvalue weighted by Gasteiger charge is -2.37. The summed E-state index contributed by atoms with van der Waals surface area (Å²) in [5.74, 6) is 2.38. The second-order valence-corrected chi connectivity index (χ2v) is 9.62. The van der Waals surface area contributed by atoms with Gasteiger partial charge in [-0.05, 0) is 61.6 Å². The first-order valence-electron chi connectivity index (χ1n) is 9.98. The van der Waals surface area contributed by atoms with Crippen molar-refractivity contribution in [3.63, 3.8) is 0 Å². The number of allylic oxidation sites excluding steroid dienone is 1. The maximum atomic E-state index is 12.0. The van der Waals surface area contributed by atoms with E-state index in [2.05, 4.69) is 21.9 Å². The van der Waals surface area contributed by atoms with Crippen molar-refractivity contribution >= 4 is 15.9 Å². The monoisotopic (exact) mass is 410 g/mol. The van der Waals surface area contributed by atoms with Crippen LogP contribution in [0.3, 0.4) is 0 Å². The van der Waals surface area contributed by atoms with Crippen LogP contribution in [0.4, 0.5) is 0 Å². The van der Waals surface area contributed by atoms with E-state index in [1.807, 2.05) is 49.4 Å². The van der Waals surface area contributed by atoms with Crippen LogP contribution in [0.1, 0.15) is 36.8 Å². The van der Waals surface area contributed by atoms with Crippen molar-refractivity contribution in [1.29, 1.82) is 0 Å². The lowest BCUT2D eigenvalue weighted by atomic mass is 9.89. The van der Waals surface area contributed by atoms with Gasteiger partial charge in [0.05, 0.1) is 5.75 Å². The Hall–Kier alpha value is -2.60. The Morgan fingerprint density at radius 3 is 2.72 bits per heavy atom. The fraction of sp³-hybridized carbons (Fsp3) is 0.348.